The minimum absolute atomic E-state index is 0.0368. The number of halogens is 2. The maximum absolute atomic E-state index is 15.3. The lowest BCUT2D eigenvalue weighted by Crippen LogP contribution is -2.26. The Morgan fingerprint density at radius 2 is 1.96 bits per heavy atom. The zero-order valence-corrected chi connectivity index (χ0v) is 14.5. The smallest absolute Gasteiger partial charge is 0.275 e. The van der Waals surface area contributed by atoms with Crippen LogP contribution in [0.1, 0.15) is 5.56 Å². The Balaban J connectivity index is 1.65. The lowest BCUT2D eigenvalue weighted by Gasteiger charge is -2.17. The number of nitrogens with zero attached hydrogens (tertiary/aromatic N) is 8. The van der Waals surface area contributed by atoms with Gasteiger partial charge in [0.25, 0.3) is 0 Å². The van der Waals surface area contributed by atoms with Gasteiger partial charge in [-0.1, -0.05) is 11.3 Å². The molecule has 0 aliphatic rings. The molecule has 0 saturated heterocycles. The Morgan fingerprint density at radius 3 is 2.79 bits per heavy atom. The summed E-state index contributed by atoms with van der Waals surface area (Å²) in [7, 11) is 1.75. The van der Waals surface area contributed by atoms with E-state index in [4.69, 9.17) is 0 Å². The number of aryl methyl sites for hydroxylation is 1. The van der Waals surface area contributed by atoms with Gasteiger partial charge in [0.2, 0.25) is 11.3 Å². The Hall–Kier alpha value is -3.82. The lowest BCUT2D eigenvalue weighted by atomic mass is 10.1. The molecule has 5 aromatic rings. The van der Waals surface area contributed by atoms with Crippen molar-refractivity contribution in [1.82, 2.24) is 39.7 Å². The van der Waals surface area contributed by atoms with Crippen LogP contribution in [0.25, 0.3) is 33.5 Å². The summed E-state index contributed by atoms with van der Waals surface area (Å²) in [5, 5.41) is 12.0. The van der Waals surface area contributed by atoms with Gasteiger partial charge in [0, 0.05) is 36.0 Å². The minimum atomic E-state index is -3.47. The van der Waals surface area contributed by atoms with E-state index in [0.29, 0.717) is 26.8 Å². The summed E-state index contributed by atoms with van der Waals surface area (Å²) in [5.41, 5.74) is 1.37. The molecule has 1 aromatic carbocycles. The second kappa shape index (κ2) is 5.84. The molecule has 5 rings (SSSR count). The number of aromatic nitrogens is 8. The molecule has 138 valence electrons. The molecule has 0 aliphatic heterocycles. The third-order valence-electron chi connectivity index (χ3n) is 4.38. The summed E-state index contributed by atoms with van der Waals surface area (Å²) in [6.45, 7) is 0. The van der Waals surface area contributed by atoms with Gasteiger partial charge in [-0.05, 0) is 24.3 Å². The highest BCUT2D eigenvalue weighted by molar-refractivity contribution is 5.79. The van der Waals surface area contributed by atoms with Crippen LogP contribution in [0.4, 0.5) is 8.78 Å². The van der Waals surface area contributed by atoms with Crippen molar-refractivity contribution in [3.05, 3.63) is 60.7 Å². The number of fused-ring (bicyclic) bond motifs is 2. The zero-order chi connectivity index (χ0) is 19.3. The molecule has 0 spiro atoms. The summed E-state index contributed by atoms with van der Waals surface area (Å²) in [5.74, 6) is 0. The average Bonchev–Trinajstić information content (AvgIpc) is 3.33. The van der Waals surface area contributed by atoms with Gasteiger partial charge in [-0.25, -0.2) is 9.97 Å². The van der Waals surface area contributed by atoms with Crippen molar-refractivity contribution in [3.8, 4) is 11.3 Å². The van der Waals surface area contributed by atoms with Crippen LogP contribution in [-0.4, -0.2) is 39.7 Å². The van der Waals surface area contributed by atoms with Gasteiger partial charge < -0.3 is 0 Å². The number of alkyl halides is 2. The van der Waals surface area contributed by atoms with E-state index >= 15 is 8.78 Å². The van der Waals surface area contributed by atoms with Crippen molar-refractivity contribution in [3.63, 3.8) is 0 Å². The van der Waals surface area contributed by atoms with E-state index in [9.17, 15) is 0 Å². The molecule has 0 amide bonds. The van der Waals surface area contributed by atoms with Crippen molar-refractivity contribution in [2.45, 2.75) is 6.05 Å². The summed E-state index contributed by atoms with van der Waals surface area (Å²) >= 11 is 0. The molecule has 0 radical (unpaired) electrons. The number of hydrogen-bond donors (Lipinski definition) is 0. The fraction of sp³-hybridized carbons (Fsp3) is 0.111. The first-order chi connectivity index (χ1) is 13.5. The molecule has 10 heteroatoms. The van der Waals surface area contributed by atoms with Gasteiger partial charge >= 0.3 is 6.05 Å². The molecular formula is C18H12F2N8. The van der Waals surface area contributed by atoms with E-state index in [2.05, 4.69) is 30.4 Å². The predicted octanol–water partition coefficient (Wildman–Crippen LogP) is 2.77. The van der Waals surface area contributed by atoms with Crippen molar-refractivity contribution >= 4 is 22.2 Å². The van der Waals surface area contributed by atoms with Crippen LogP contribution in [-0.2, 0) is 13.1 Å². The first-order valence-electron chi connectivity index (χ1n) is 8.33. The molecular weight excluding hydrogens is 366 g/mol. The molecule has 0 fully saturated rings. The number of benzene rings is 1. The first-order valence-corrected chi connectivity index (χ1v) is 8.33. The minimum Gasteiger partial charge on any atom is -0.275 e. The highest BCUT2D eigenvalue weighted by Crippen LogP contribution is 2.33. The fourth-order valence-electron chi connectivity index (χ4n) is 2.98. The predicted molar refractivity (Wildman–Crippen MR) is 96.4 cm³/mol. The molecule has 8 nitrogen and oxygen atoms in total. The summed E-state index contributed by atoms with van der Waals surface area (Å²) in [6, 6.07) is 4.20. The zero-order valence-electron chi connectivity index (χ0n) is 14.5. The van der Waals surface area contributed by atoms with E-state index in [0.717, 1.165) is 0 Å². The summed E-state index contributed by atoms with van der Waals surface area (Å²) in [6.07, 6.45) is 6.37. The van der Waals surface area contributed by atoms with E-state index < -0.39 is 6.05 Å². The Kier molecular flexibility index (Phi) is 3.41. The highest BCUT2D eigenvalue weighted by Gasteiger charge is 2.38. The van der Waals surface area contributed by atoms with Crippen LogP contribution in [0.15, 0.2) is 55.1 Å². The van der Waals surface area contributed by atoms with Crippen LogP contribution in [0, 0.1) is 0 Å². The normalized spacial score (nSPS) is 12.1. The van der Waals surface area contributed by atoms with Crippen LogP contribution in [0.2, 0.25) is 0 Å². The molecule has 0 bridgehead atoms. The monoisotopic (exact) mass is 378 g/mol. The fourth-order valence-corrected chi connectivity index (χ4v) is 2.98. The second-order valence-corrected chi connectivity index (χ2v) is 6.26. The third-order valence-corrected chi connectivity index (χ3v) is 4.38. The Bertz CT molecular complexity index is 1320. The van der Waals surface area contributed by atoms with Crippen molar-refractivity contribution in [2.24, 2.45) is 7.05 Å². The first kappa shape index (κ1) is 16.4. The molecule has 0 unspecified atom stereocenters. The molecule has 4 aromatic heterocycles. The Morgan fingerprint density at radius 1 is 1.07 bits per heavy atom. The number of pyridine rings is 1. The van der Waals surface area contributed by atoms with Crippen LogP contribution in [0.3, 0.4) is 0 Å². The van der Waals surface area contributed by atoms with Gasteiger partial charge in [0.05, 0.1) is 23.6 Å². The molecule has 0 aliphatic carbocycles. The van der Waals surface area contributed by atoms with E-state index in [1.807, 2.05) is 0 Å². The van der Waals surface area contributed by atoms with Gasteiger partial charge in [-0.15, -0.1) is 5.10 Å². The lowest BCUT2D eigenvalue weighted by molar-refractivity contribution is -0.0458. The maximum atomic E-state index is 15.3. The standard InChI is InChI=1S/C18H12F2N8/c1-27-10-12(8-23-27)15-9-22-16-17(24-15)28(26-25-16)18(19,20)13-4-5-14-11(7-13)3-2-6-21-14/h2-10H,1H3. The Labute approximate surface area is 156 Å². The SMILES string of the molecule is Cn1cc(-c2cnc3nnn(C(F)(F)c4ccc5ncccc5c4)c3n2)cn1. The van der Waals surface area contributed by atoms with Gasteiger partial charge in [0.1, 0.15) is 0 Å². The molecule has 0 saturated carbocycles. The molecule has 0 atom stereocenters. The van der Waals surface area contributed by atoms with Crippen LogP contribution >= 0.6 is 0 Å². The highest BCUT2D eigenvalue weighted by atomic mass is 19.3. The molecule has 4 heterocycles. The quantitative estimate of drug-likeness (QED) is 0.480. The van der Waals surface area contributed by atoms with E-state index in [-0.39, 0.29) is 16.9 Å². The van der Waals surface area contributed by atoms with E-state index in [1.165, 1.54) is 18.3 Å². The van der Waals surface area contributed by atoms with Crippen molar-refractivity contribution in [1.29, 1.82) is 0 Å². The molecule has 0 N–H and O–H groups in total. The van der Waals surface area contributed by atoms with Gasteiger partial charge in [0.15, 0.2) is 0 Å². The number of rotatable bonds is 3. The van der Waals surface area contributed by atoms with Crippen LogP contribution in [0.5, 0.6) is 0 Å². The van der Waals surface area contributed by atoms with Crippen molar-refractivity contribution in [2.75, 3.05) is 0 Å². The summed E-state index contributed by atoms with van der Waals surface area (Å²) in [4.78, 5) is 12.6. The average molecular weight is 378 g/mol. The van der Waals surface area contributed by atoms with Crippen molar-refractivity contribution < 1.29 is 8.78 Å². The topological polar surface area (TPSA) is 87.2 Å². The van der Waals surface area contributed by atoms with Crippen LogP contribution < -0.4 is 0 Å². The third kappa shape index (κ3) is 2.49. The van der Waals surface area contributed by atoms with E-state index in [1.54, 1.807) is 48.5 Å². The van der Waals surface area contributed by atoms with Gasteiger partial charge in [-0.2, -0.15) is 18.6 Å². The number of hydrogen-bond acceptors (Lipinski definition) is 6. The second-order valence-electron chi connectivity index (χ2n) is 6.26. The molecule has 28 heavy (non-hydrogen) atoms. The largest absolute Gasteiger partial charge is 0.373 e. The summed E-state index contributed by atoms with van der Waals surface area (Å²) < 4.78 is 32.6. The maximum Gasteiger partial charge on any atom is 0.373 e. The van der Waals surface area contributed by atoms with Gasteiger partial charge in [-0.3, -0.25) is 9.67 Å².